The van der Waals surface area contributed by atoms with Crippen LogP contribution in [0.4, 0.5) is 10.8 Å². The maximum atomic E-state index is 12.9. The van der Waals surface area contributed by atoms with Gasteiger partial charge in [0, 0.05) is 26.8 Å². The number of thiazole rings is 1. The second-order valence-corrected chi connectivity index (χ2v) is 8.44. The van der Waals surface area contributed by atoms with E-state index in [1.54, 1.807) is 11.3 Å². The van der Waals surface area contributed by atoms with Crippen LogP contribution in [-0.4, -0.2) is 37.1 Å². The van der Waals surface area contributed by atoms with Crippen LogP contribution in [0.25, 0.3) is 11.3 Å². The number of amides is 1. The van der Waals surface area contributed by atoms with Crippen molar-refractivity contribution >= 4 is 39.4 Å². The molecule has 1 N–H and O–H groups in total. The molecule has 0 saturated carbocycles. The van der Waals surface area contributed by atoms with E-state index in [4.69, 9.17) is 14.2 Å². The Hall–Kier alpha value is -3.18. The summed E-state index contributed by atoms with van der Waals surface area (Å²) in [5.74, 6) is -0.742. The lowest BCUT2D eigenvalue weighted by molar-refractivity contribution is -0.386. The number of hydrogen-bond acceptors (Lipinski definition) is 9. The Morgan fingerprint density at radius 1 is 1.13 bits per heavy atom. The summed E-state index contributed by atoms with van der Waals surface area (Å²) >= 11 is 2.90. The zero-order valence-electron chi connectivity index (χ0n) is 16.9. The van der Waals surface area contributed by atoms with Gasteiger partial charge in [0.1, 0.15) is 5.56 Å². The van der Waals surface area contributed by atoms with E-state index in [1.165, 1.54) is 38.7 Å². The van der Waals surface area contributed by atoms with Gasteiger partial charge in [-0.25, -0.2) is 4.98 Å². The molecule has 9 nitrogen and oxygen atoms in total. The number of thiophene rings is 1. The van der Waals surface area contributed by atoms with E-state index in [-0.39, 0.29) is 22.8 Å². The third-order valence-electron chi connectivity index (χ3n) is 4.27. The van der Waals surface area contributed by atoms with Gasteiger partial charge in [-0.1, -0.05) is 0 Å². The predicted octanol–water partition coefficient (Wildman–Crippen LogP) is 4.67. The molecule has 2 heterocycles. The fraction of sp³-hybridized carbons (Fsp3) is 0.263. The molecule has 1 aromatic carbocycles. The number of hydrogen-bond donors (Lipinski definition) is 1. The van der Waals surface area contributed by atoms with E-state index in [2.05, 4.69) is 10.3 Å². The van der Waals surface area contributed by atoms with Crippen LogP contribution in [0.15, 0.2) is 17.5 Å². The van der Waals surface area contributed by atoms with Crippen LogP contribution in [0.3, 0.4) is 0 Å². The molecule has 158 valence electrons. The molecule has 0 unspecified atom stereocenters. The molecule has 0 radical (unpaired) electrons. The van der Waals surface area contributed by atoms with Gasteiger partial charge in [-0.05, 0) is 19.9 Å². The number of anilines is 1. The summed E-state index contributed by atoms with van der Waals surface area (Å²) in [6.07, 6.45) is 0. The van der Waals surface area contributed by atoms with Gasteiger partial charge in [-0.15, -0.1) is 22.7 Å². The van der Waals surface area contributed by atoms with Crippen molar-refractivity contribution in [2.75, 3.05) is 26.6 Å². The first-order valence-corrected chi connectivity index (χ1v) is 10.3. The van der Waals surface area contributed by atoms with Crippen molar-refractivity contribution < 1.29 is 23.9 Å². The van der Waals surface area contributed by atoms with Gasteiger partial charge in [0.05, 0.1) is 31.9 Å². The number of benzene rings is 1. The molecule has 0 aliphatic carbocycles. The number of carbonyl (C=O) groups is 1. The Kier molecular flexibility index (Phi) is 6.22. The highest BCUT2D eigenvalue weighted by Gasteiger charge is 2.32. The molecule has 0 atom stereocenters. The van der Waals surface area contributed by atoms with Crippen molar-refractivity contribution in [3.8, 4) is 28.5 Å². The lowest BCUT2D eigenvalue weighted by atomic mass is 10.1. The molecule has 0 bridgehead atoms. The first-order valence-electron chi connectivity index (χ1n) is 8.62. The van der Waals surface area contributed by atoms with Crippen LogP contribution in [0, 0.1) is 24.0 Å². The average molecular weight is 450 g/mol. The van der Waals surface area contributed by atoms with Crippen molar-refractivity contribution in [3.63, 3.8) is 0 Å². The zero-order chi connectivity index (χ0) is 22.0. The van der Waals surface area contributed by atoms with Crippen LogP contribution in [0.1, 0.15) is 20.1 Å². The number of nitro groups is 1. The fourth-order valence-electron chi connectivity index (χ4n) is 3.00. The molecule has 0 aliphatic heterocycles. The summed E-state index contributed by atoms with van der Waals surface area (Å²) < 4.78 is 15.5. The number of nitro benzene ring substituents is 1. The molecule has 30 heavy (non-hydrogen) atoms. The van der Waals surface area contributed by atoms with Gasteiger partial charge in [0.25, 0.3) is 5.91 Å². The summed E-state index contributed by atoms with van der Waals surface area (Å²) in [7, 11) is 3.95. The largest absolute Gasteiger partial charge is 0.493 e. The molecule has 0 aliphatic rings. The van der Waals surface area contributed by atoms with E-state index in [9.17, 15) is 14.9 Å². The van der Waals surface area contributed by atoms with E-state index >= 15 is 0 Å². The first kappa shape index (κ1) is 21.5. The number of nitrogens with one attached hydrogen (secondary N) is 1. The zero-order valence-corrected chi connectivity index (χ0v) is 18.5. The maximum Gasteiger partial charge on any atom is 0.327 e. The quantitative estimate of drug-likeness (QED) is 0.412. The average Bonchev–Trinajstić information content (AvgIpc) is 3.30. The minimum absolute atomic E-state index is 0.0306. The topological polar surface area (TPSA) is 113 Å². The number of ether oxygens (including phenoxy) is 3. The summed E-state index contributed by atoms with van der Waals surface area (Å²) in [6, 6.07) is 3.28. The van der Waals surface area contributed by atoms with E-state index in [1.807, 2.05) is 25.3 Å². The predicted molar refractivity (Wildman–Crippen MR) is 116 cm³/mol. The van der Waals surface area contributed by atoms with Gasteiger partial charge in [-0.3, -0.25) is 20.2 Å². The SMILES string of the molecule is COc1cc(C(=O)Nc2nc(-c3cc(C)sc3C)cs2)c([N+](=O)[O-])c(OC)c1OC. The van der Waals surface area contributed by atoms with Crippen LogP contribution < -0.4 is 19.5 Å². The van der Waals surface area contributed by atoms with Crippen molar-refractivity contribution in [2.24, 2.45) is 0 Å². The van der Waals surface area contributed by atoms with Gasteiger partial charge in [0.2, 0.25) is 11.5 Å². The van der Waals surface area contributed by atoms with Crippen molar-refractivity contribution in [2.45, 2.75) is 13.8 Å². The Morgan fingerprint density at radius 3 is 2.37 bits per heavy atom. The Labute approximate surface area is 180 Å². The van der Waals surface area contributed by atoms with Crippen LogP contribution in [0.5, 0.6) is 17.2 Å². The Morgan fingerprint density at radius 2 is 1.83 bits per heavy atom. The first-order chi connectivity index (χ1) is 14.3. The lowest BCUT2D eigenvalue weighted by Gasteiger charge is -2.14. The van der Waals surface area contributed by atoms with Gasteiger partial charge in [0.15, 0.2) is 10.9 Å². The maximum absolute atomic E-state index is 12.9. The second kappa shape index (κ2) is 8.67. The number of rotatable bonds is 7. The van der Waals surface area contributed by atoms with Crippen molar-refractivity contribution in [3.05, 3.63) is 42.9 Å². The Bertz CT molecular complexity index is 1120. The van der Waals surface area contributed by atoms with Crippen LogP contribution in [0.2, 0.25) is 0 Å². The van der Waals surface area contributed by atoms with Crippen molar-refractivity contribution in [1.29, 1.82) is 0 Å². The fourth-order valence-corrected chi connectivity index (χ4v) is 4.64. The minimum atomic E-state index is -0.708. The smallest absolute Gasteiger partial charge is 0.327 e. The molecule has 2 aromatic heterocycles. The normalized spacial score (nSPS) is 10.6. The number of aromatic nitrogens is 1. The molecule has 3 aromatic rings. The number of carbonyl (C=O) groups excluding carboxylic acids is 1. The van der Waals surface area contributed by atoms with Gasteiger partial charge >= 0.3 is 5.69 Å². The molecular weight excluding hydrogens is 430 g/mol. The lowest BCUT2D eigenvalue weighted by Crippen LogP contribution is -2.15. The molecule has 0 fully saturated rings. The highest BCUT2D eigenvalue weighted by molar-refractivity contribution is 7.14. The molecule has 3 rings (SSSR count). The van der Waals surface area contributed by atoms with Crippen LogP contribution in [-0.2, 0) is 0 Å². The summed E-state index contributed by atoms with van der Waals surface area (Å²) in [6.45, 7) is 4.02. The minimum Gasteiger partial charge on any atom is -0.493 e. The molecule has 1 amide bonds. The van der Waals surface area contributed by atoms with E-state index < -0.39 is 16.5 Å². The summed E-state index contributed by atoms with van der Waals surface area (Å²) in [4.78, 5) is 30.6. The third-order valence-corrected chi connectivity index (χ3v) is 6.00. The monoisotopic (exact) mass is 449 g/mol. The highest BCUT2D eigenvalue weighted by atomic mass is 32.1. The molecule has 11 heteroatoms. The summed E-state index contributed by atoms with van der Waals surface area (Å²) in [5, 5.41) is 16.5. The van der Waals surface area contributed by atoms with E-state index in [0.29, 0.717) is 5.13 Å². The second-order valence-electron chi connectivity index (χ2n) is 6.12. The summed E-state index contributed by atoms with van der Waals surface area (Å²) in [5.41, 5.74) is 0.979. The molecule has 0 saturated heterocycles. The third kappa shape index (κ3) is 3.94. The number of aryl methyl sites for hydroxylation is 2. The number of nitrogens with zero attached hydrogens (tertiary/aromatic N) is 2. The van der Waals surface area contributed by atoms with E-state index in [0.717, 1.165) is 21.0 Å². The van der Waals surface area contributed by atoms with Gasteiger partial charge in [-0.2, -0.15) is 0 Å². The highest BCUT2D eigenvalue weighted by Crippen LogP contribution is 2.46. The molecular formula is C19H19N3O6S2. The van der Waals surface area contributed by atoms with Gasteiger partial charge < -0.3 is 14.2 Å². The van der Waals surface area contributed by atoms with Crippen LogP contribution >= 0.6 is 22.7 Å². The number of methoxy groups -OCH3 is 3. The van der Waals surface area contributed by atoms with Crippen molar-refractivity contribution in [1.82, 2.24) is 4.98 Å². The molecule has 0 spiro atoms. The standard InChI is InChI=1S/C19H19N3O6S2/c1-9-6-11(10(2)30-9)13-8-29-19(20-13)21-18(23)12-7-14(26-3)16(27-4)17(28-5)15(12)22(24)25/h6-8H,1-5H3,(H,20,21,23). The Balaban J connectivity index is 1.99.